The molecule has 2 N–H and O–H groups in total. The molecule has 3 heterocycles. The van der Waals surface area contributed by atoms with E-state index in [1.54, 1.807) is 24.4 Å². The Morgan fingerprint density at radius 1 is 1.32 bits per heavy atom. The molecule has 1 aromatic heterocycles. The van der Waals surface area contributed by atoms with Crippen molar-refractivity contribution in [1.82, 2.24) is 15.2 Å². The number of fused-ring (bicyclic) bond motifs is 1. The van der Waals surface area contributed by atoms with Crippen LogP contribution in [0.25, 0.3) is 11.3 Å². The molecule has 2 fully saturated rings. The van der Waals surface area contributed by atoms with Gasteiger partial charge in [-0.25, -0.2) is 4.79 Å². The molecule has 4 rings (SSSR count). The van der Waals surface area contributed by atoms with Crippen molar-refractivity contribution < 1.29 is 9.90 Å². The zero-order chi connectivity index (χ0) is 17.4. The molecular weight excluding hydrogens is 338 g/mol. The summed E-state index contributed by atoms with van der Waals surface area (Å²) in [4.78, 5) is 18.7. The first-order chi connectivity index (χ1) is 12.1. The molecule has 0 bridgehead atoms. The van der Waals surface area contributed by atoms with Crippen molar-refractivity contribution in [3.8, 4) is 11.3 Å². The van der Waals surface area contributed by atoms with Gasteiger partial charge in [0.2, 0.25) is 0 Å². The van der Waals surface area contributed by atoms with Gasteiger partial charge in [0.1, 0.15) is 0 Å². The van der Waals surface area contributed by atoms with Crippen LogP contribution in [0, 0.1) is 0 Å². The number of benzene rings is 1. The highest BCUT2D eigenvalue weighted by Gasteiger charge is 2.36. The minimum absolute atomic E-state index is 0.301. The number of carbonyl (C=O) groups is 1. The number of rotatable bonds is 3. The van der Waals surface area contributed by atoms with Gasteiger partial charge in [-0.3, -0.25) is 9.88 Å². The van der Waals surface area contributed by atoms with Crippen molar-refractivity contribution in [3.63, 3.8) is 0 Å². The van der Waals surface area contributed by atoms with E-state index < -0.39 is 5.97 Å². The van der Waals surface area contributed by atoms with Gasteiger partial charge in [0.25, 0.3) is 0 Å². The van der Waals surface area contributed by atoms with Gasteiger partial charge >= 0.3 is 5.97 Å². The molecule has 2 aromatic rings. The maximum Gasteiger partial charge on any atom is 0.336 e. The van der Waals surface area contributed by atoms with Crippen LogP contribution in [0.15, 0.2) is 36.5 Å². The van der Waals surface area contributed by atoms with Crippen LogP contribution in [-0.4, -0.2) is 53.2 Å². The average molecular weight is 358 g/mol. The zero-order valence-corrected chi connectivity index (χ0v) is 14.5. The lowest BCUT2D eigenvalue weighted by Crippen LogP contribution is -2.47. The van der Waals surface area contributed by atoms with Crippen LogP contribution in [0.2, 0.25) is 5.02 Å². The molecular formula is C19H20ClN3O2. The predicted molar refractivity (Wildman–Crippen MR) is 97.2 cm³/mol. The van der Waals surface area contributed by atoms with Crippen LogP contribution in [-0.2, 0) is 0 Å². The van der Waals surface area contributed by atoms with Crippen molar-refractivity contribution >= 4 is 17.6 Å². The fourth-order valence-corrected chi connectivity index (χ4v) is 4.20. The minimum atomic E-state index is -0.925. The average Bonchev–Trinajstić information content (AvgIpc) is 3.06. The topological polar surface area (TPSA) is 65.5 Å². The Bertz CT molecular complexity index is 780. The standard InChI is InChI=1S/C19H20ClN3O2/c20-13-4-5-17(22-9-13)18-15(2-1-3-16(18)19(24)25)12-8-14-10-21-6-7-23(14)11-12/h1-5,9,12,14,21H,6-8,10-11H2,(H,24,25)/t12-,14+/m1/s1. The van der Waals surface area contributed by atoms with Gasteiger partial charge < -0.3 is 10.4 Å². The molecule has 0 aliphatic carbocycles. The normalized spacial score (nSPS) is 23.4. The van der Waals surface area contributed by atoms with E-state index in [1.807, 2.05) is 6.07 Å². The fraction of sp³-hybridized carbons (Fsp3) is 0.368. The molecule has 2 atom stereocenters. The van der Waals surface area contributed by atoms with Gasteiger partial charge in [-0.05, 0) is 36.1 Å². The highest BCUT2D eigenvalue weighted by atomic mass is 35.5. The Kier molecular flexibility index (Phi) is 4.46. The molecule has 5 nitrogen and oxygen atoms in total. The third-order valence-electron chi connectivity index (χ3n) is 5.23. The van der Waals surface area contributed by atoms with Gasteiger partial charge in [0.05, 0.1) is 16.3 Å². The first kappa shape index (κ1) is 16.5. The summed E-state index contributed by atoms with van der Waals surface area (Å²) >= 11 is 5.96. The van der Waals surface area contributed by atoms with E-state index in [2.05, 4.69) is 21.3 Å². The lowest BCUT2D eigenvalue weighted by atomic mass is 9.87. The minimum Gasteiger partial charge on any atom is -0.478 e. The maximum atomic E-state index is 11.8. The number of aromatic carboxylic acids is 1. The van der Waals surface area contributed by atoms with E-state index in [0.29, 0.717) is 28.2 Å². The molecule has 0 spiro atoms. The van der Waals surface area contributed by atoms with E-state index >= 15 is 0 Å². The van der Waals surface area contributed by atoms with E-state index in [9.17, 15) is 9.90 Å². The molecule has 0 radical (unpaired) electrons. The number of nitrogens with zero attached hydrogens (tertiary/aromatic N) is 2. The summed E-state index contributed by atoms with van der Waals surface area (Å²) in [5.74, 6) is -0.609. The van der Waals surface area contributed by atoms with Crippen molar-refractivity contribution in [2.75, 3.05) is 26.2 Å². The Morgan fingerprint density at radius 2 is 2.20 bits per heavy atom. The zero-order valence-electron chi connectivity index (χ0n) is 13.8. The van der Waals surface area contributed by atoms with Crippen LogP contribution in [0.3, 0.4) is 0 Å². The highest BCUT2D eigenvalue weighted by Crippen LogP contribution is 2.39. The van der Waals surface area contributed by atoms with Crippen LogP contribution in [0.1, 0.15) is 28.3 Å². The summed E-state index contributed by atoms with van der Waals surface area (Å²) < 4.78 is 0. The van der Waals surface area contributed by atoms with Crippen molar-refractivity contribution in [2.24, 2.45) is 0 Å². The molecule has 0 amide bonds. The summed E-state index contributed by atoms with van der Waals surface area (Å²) in [6.45, 7) is 4.04. The van der Waals surface area contributed by atoms with E-state index in [4.69, 9.17) is 11.6 Å². The number of hydrogen-bond acceptors (Lipinski definition) is 4. The molecule has 2 aliphatic rings. The van der Waals surface area contributed by atoms with Gasteiger partial charge in [0, 0.05) is 44.0 Å². The van der Waals surface area contributed by atoms with Crippen LogP contribution >= 0.6 is 11.6 Å². The van der Waals surface area contributed by atoms with Gasteiger partial charge in [0.15, 0.2) is 0 Å². The second-order valence-electron chi connectivity index (χ2n) is 6.72. The summed E-state index contributed by atoms with van der Waals surface area (Å²) in [6, 6.07) is 9.63. The molecule has 0 saturated carbocycles. The lowest BCUT2D eigenvalue weighted by molar-refractivity contribution is 0.0697. The molecule has 2 saturated heterocycles. The third-order valence-corrected chi connectivity index (χ3v) is 5.46. The first-order valence-electron chi connectivity index (χ1n) is 8.56. The van der Waals surface area contributed by atoms with Crippen molar-refractivity contribution in [2.45, 2.75) is 18.4 Å². The van der Waals surface area contributed by atoms with E-state index in [1.165, 1.54) is 0 Å². The summed E-state index contributed by atoms with van der Waals surface area (Å²) in [5, 5.41) is 13.7. The van der Waals surface area contributed by atoms with Crippen LogP contribution in [0.5, 0.6) is 0 Å². The second-order valence-corrected chi connectivity index (χ2v) is 7.16. The second kappa shape index (κ2) is 6.75. The largest absolute Gasteiger partial charge is 0.478 e. The Labute approximate surface area is 151 Å². The van der Waals surface area contributed by atoms with E-state index in [-0.39, 0.29) is 0 Å². The summed E-state index contributed by atoms with van der Waals surface area (Å²) in [7, 11) is 0. The molecule has 2 aliphatic heterocycles. The predicted octanol–water partition coefficient (Wildman–Crippen LogP) is 2.86. The van der Waals surface area contributed by atoms with Crippen LogP contribution in [0.4, 0.5) is 0 Å². The van der Waals surface area contributed by atoms with Crippen molar-refractivity contribution in [3.05, 3.63) is 52.7 Å². The number of aromatic nitrogens is 1. The number of halogens is 1. The number of carboxylic acid groups (broad SMARTS) is 1. The quantitative estimate of drug-likeness (QED) is 0.884. The molecule has 25 heavy (non-hydrogen) atoms. The summed E-state index contributed by atoms with van der Waals surface area (Å²) in [6.07, 6.45) is 2.61. The van der Waals surface area contributed by atoms with Gasteiger partial charge in [-0.1, -0.05) is 23.7 Å². The van der Waals surface area contributed by atoms with Gasteiger partial charge in [-0.2, -0.15) is 0 Å². The monoisotopic (exact) mass is 357 g/mol. The summed E-state index contributed by atoms with van der Waals surface area (Å²) in [5.41, 5.74) is 2.77. The number of nitrogens with one attached hydrogen (secondary N) is 1. The number of carboxylic acids is 1. The Hall–Kier alpha value is -1.95. The number of piperazine rings is 1. The number of pyridine rings is 1. The molecule has 1 aromatic carbocycles. The SMILES string of the molecule is O=C(O)c1cccc([C@@H]2C[C@H]3CNCCN3C2)c1-c1ccc(Cl)cn1. The fourth-order valence-electron chi connectivity index (χ4n) is 4.09. The van der Waals surface area contributed by atoms with Crippen molar-refractivity contribution in [1.29, 1.82) is 0 Å². The Morgan fingerprint density at radius 3 is 2.92 bits per heavy atom. The lowest BCUT2D eigenvalue weighted by Gasteiger charge is -2.29. The molecule has 0 unspecified atom stereocenters. The Balaban J connectivity index is 1.78. The molecule has 130 valence electrons. The van der Waals surface area contributed by atoms with E-state index in [0.717, 1.165) is 43.7 Å². The van der Waals surface area contributed by atoms with Crippen LogP contribution < -0.4 is 5.32 Å². The maximum absolute atomic E-state index is 11.8. The highest BCUT2D eigenvalue weighted by molar-refractivity contribution is 6.30. The number of hydrogen-bond donors (Lipinski definition) is 2. The third kappa shape index (κ3) is 3.15. The molecule has 6 heteroatoms. The smallest absolute Gasteiger partial charge is 0.336 e. The van der Waals surface area contributed by atoms with Gasteiger partial charge in [-0.15, -0.1) is 0 Å². The first-order valence-corrected chi connectivity index (χ1v) is 8.94.